The average Bonchev–Trinajstić information content (AvgIpc) is 3.33. The third-order valence-electron chi connectivity index (χ3n) is 6.74. The van der Waals surface area contributed by atoms with Gasteiger partial charge in [-0.15, -0.1) is 12.4 Å². The van der Waals surface area contributed by atoms with Crippen LogP contribution in [0.5, 0.6) is 0 Å². The van der Waals surface area contributed by atoms with E-state index in [1.807, 2.05) is 6.07 Å². The molecular formula is C24H31ClF3N5S. The smallest absolute Gasteiger partial charge is 0.380 e. The number of alkyl halides is 3. The Morgan fingerprint density at radius 1 is 1.03 bits per heavy atom. The molecule has 186 valence electrons. The summed E-state index contributed by atoms with van der Waals surface area (Å²) in [6.45, 7) is 5.39. The minimum absolute atomic E-state index is 0. The van der Waals surface area contributed by atoms with Gasteiger partial charge in [0.2, 0.25) is 0 Å². The van der Waals surface area contributed by atoms with E-state index in [0.717, 1.165) is 67.5 Å². The minimum Gasteiger partial charge on any atom is -0.380 e. The molecule has 5 nitrogen and oxygen atoms in total. The fraction of sp³-hybridized carbons (Fsp3) is 0.500. The molecule has 3 heterocycles. The second kappa shape index (κ2) is 10.4. The quantitative estimate of drug-likeness (QED) is 0.402. The molecule has 0 unspecified atom stereocenters. The van der Waals surface area contributed by atoms with Crippen LogP contribution in [0.15, 0.2) is 40.1 Å². The highest BCUT2D eigenvalue weighted by Crippen LogP contribution is 2.50. The van der Waals surface area contributed by atoms with Crippen molar-refractivity contribution >= 4 is 46.9 Å². The van der Waals surface area contributed by atoms with Crippen molar-refractivity contribution in [2.75, 3.05) is 54.8 Å². The largest absolute Gasteiger partial charge is 0.416 e. The van der Waals surface area contributed by atoms with E-state index in [9.17, 15) is 13.2 Å². The molecule has 2 aromatic rings. The van der Waals surface area contributed by atoms with Gasteiger partial charge in [-0.2, -0.15) is 13.2 Å². The van der Waals surface area contributed by atoms with Gasteiger partial charge >= 0.3 is 6.18 Å². The van der Waals surface area contributed by atoms with Crippen LogP contribution in [0.3, 0.4) is 0 Å². The summed E-state index contributed by atoms with van der Waals surface area (Å²) in [6.07, 6.45) is -0.237. The van der Waals surface area contributed by atoms with E-state index < -0.39 is 11.7 Å². The molecule has 5 rings (SSSR count). The third-order valence-corrected chi connectivity index (χ3v) is 7.85. The van der Waals surface area contributed by atoms with Gasteiger partial charge in [-0.25, -0.2) is 0 Å². The maximum Gasteiger partial charge on any atom is 0.416 e. The van der Waals surface area contributed by atoms with E-state index in [0.29, 0.717) is 17.1 Å². The summed E-state index contributed by atoms with van der Waals surface area (Å²) in [5.74, 6) is 0. The summed E-state index contributed by atoms with van der Waals surface area (Å²) in [5.41, 5.74) is 8.44. The van der Waals surface area contributed by atoms with Crippen LogP contribution in [0.1, 0.15) is 31.2 Å². The third kappa shape index (κ3) is 5.37. The van der Waals surface area contributed by atoms with Crippen LogP contribution in [0.2, 0.25) is 0 Å². The zero-order valence-corrected chi connectivity index (χ0v) is 20.6. The van der Waals surface area contributed by atoms with Crippen LogP contribution in [0, 0.1) is 0 Å². The number of benzene rings is 2. The van der Waals surface area contributed by atoms with Crippen molar-refractivity contribution in [1.82, 2.24) is 4.90 Å². The number of likely N-dealkylation sites (tertiary alicyclic amines) is 1. The van der Waals surface area contributed by atoms with Gasteiger partial charge in [0.15, 0.2) is 0 Å². The molecule has 2 fully saturated rings. The van der Waals surface area contributed by atoms with Crippen LogP contribution in [0.4, 0.5) is 35.9 Å². The van der Waals surface area contributed by atoms with E-state index in [-0.39, 0.29) is 18.4 Å². The van der Waals surface area contributed by atoms with Crippen LogP contribution in [-0.4, -0.2) is 50.2 Å². The van der Waals surface area contributed by atoms with Crippen LogP contribution in [0.25, 0.3) is 0 Å². The van der Waals surface area contributed by atoms with Crippen molar-refractivity contribution in [2.24, 2.45) is 5.73 Å². The first-order valence-electron chi connectivity index (χ1n) is 11.7. The number of hydrogen-bond acceptors (Lipinski definition) is 6. The molecule has 4 N–H and O–H groups in total. The number of hydrogen-bond donors (Lipinski definition) is 3. The molecule has 0 radical (unpaired) electrons. The first-order valence-corrected chi connectivity index (χ1v) is 12.5. The van der Waals surface area contributed by atoms with Gasteiger partial charge in [0.05, 0.1) is 22.6 Å². The van der Waals surface area contributed by atoms with Gasteiger partial charge in [-0.05, 0) is 56.0 Å². The van der Waals surface area contributed by atoms with Crippen LogP contribution < -0.4 is 21.3 Å². The van der Waals surface area contributed by atoms with Gasteiger partial charge in [0.1, 0.15) is 0 Å². The van der Waals surface area contributed by atoms with E-state index in [4.69, 9.17) is 5.73 Å². The molecule has 0 bridgehead atoms. The molecule has 0 aromatic heterocycles. The molecule has 0 atom stereocenters. The molecular weight excluding hydrogens is 483 g/mol. The molecule has 0 amide bonds. The number of rotatable bonds is 5. The zero-order valence-electron chi connectivity index (χ0n) is 19.0. The lowest BCUT2D eigenvalue weighted by Gasteiger charge is -2.34. The van der Waals surface area contributed by atoms with Crippen molar-refractivity contribution in [2.45, 2.75) is 47.7 Å². The summed E-state index contributed by atoms with van der Waals surface area (Å²) in [4.78, 5) is 6.23. The number of anilines is 4. The van der Waals surface area contributed by atoms with Gasteiger partial charge < -0.3 is 26.2 Å². The SMILES string of the molecule is Cl.NCCN1CCC(Nc2cc(C(F)(F)F)cc3c2Nc2cc(N4CCCC4)ccc2S3)CC1. The van der Waals surface area contributed by atoms with Crippen molar-refractivity contribution in [3.63, 3.8) is 0 Å². The van der Waals surface area contributed by atoms with E-state index in [1.54, 1.807) is 0 Å². The number of fused-ring (bicyclic) bond motifs is 2. The second-order valence-corrected chi connectivity index (χ2v) is 10.1. The Morgan fingerprint density at radius 2 is 1.76 bits per heavy atom. The lowest BCUT2D eigenvalue weighted by atomic mass is 10.0. The Morgan fingerprint density at radius 3 is 2.44 bits per heavy atom. The normalized spacial score (nSPS) is 18.6. The highest BCUT2D eigenvalue weighted by molar-refractivity contribution is 7.99. The van der Waals surface area contributed by atoms with Crippen molar-refractivity contribution in [1.29, 1.82) is 0 Å². The molecule has 34 heavy (non-hydrogen) atoms. The van der Waals surface area contributed by atoms with Crippen molar-refractivity contribution in [3.05, 3.63) is 35.9 Å². The lowest BCUT2D eigenvalue weighted by molar-refractivity contribution is -0.137. The van der Waals surface area contributed by atoms with Gasteiger partial charge in [-0.1, -0.05) is 11.8 Å². The number of piperidine rings is 1. The monoisotopic (exact) mass is 513 g/mol. The van der Waals surface area contributed by atoms with Gasteiger partial charge in [0, 0.05) is 60.8 Å². The number of nitrogens with two attached hydrogens (primary N) is 1. The minimum atomic E-state index is -4.39. The topological polar surface area (TPSA) is 56.6 Å². The Kier molecular flexibility index (Phi) is 7.76. The fourth-order valence-corrected chi connectivity index (χ4v) is 5.98. The standard InChI is InChI=1S/C24H30F3N5S.ClH/c25-24(26,27)16-13-20(29-17-5-10-31(11-6-17)12-7-28)23-22(14-16)33-21-4-3-18(15-19(21)30-23)32-8-1-2-9-32;/h3-4,13-15,17,29-30H,1-2,5-12,28H2;1H. The first kappa shape index (κ1) is 25.3. The highest BCUT2D eigenvalue weighted by Gasteiger charge is 2.34. The Bertz CT molecular complexity index is 1000. The van der Waals surface area contributed by atoms with Gasteiger partial charge in [-0.3, -0.25) is 0 Å². The van der Waals surface area contributed by atoms with E-state index >= 15 is 0 Å². The molecule has 0 aliphatic carbocycles. The average molecular weight is 514 g/mol. The molecule has 2 aromatic carbocycles. The molecule has 3 aliphatic heterocycles. The van der Waals surface area contributed by atoms with Crippen LogP contribution >= 0.6 is 24.2 Å². The predicted octanol–water partition coefficient (Wildman–Crippen LogP) is 5.77. The maximum absolute atomic E-state index is 13.7. The fourth-order valence-electron chi connectivity index (χ4n) is 4.94. The number of nitrogens with one attached hydrogen (secondary N) is 2. The summed E-state index contributed by atoms with van der Waals surface area (Å²) in [7, 11) is 0. The second-order valence-electron chi connectivity index (χ2n) is 9.05. The highest BCUT2D eigenvalue weighted by atomic mass is 35.5. The Labute approximate surface area is 209 Å². The van der Waals surface area contributed by atoms with Gasteiger partial charge in [0.25, 0.3) is 0 Å². The van der Waals surface area contributed by atoms with E-state index in [2.05, 4.69) is 32.6 Å². The zero-order chi connectivity index (χ0) is 23.0. The summed E-state index contributed by atoms with van der Waals surface area (Å²) in [6, 6.07) is 8.88. The summed E-state index contributed by atoms with van der Waals surface area (Å²) >= 11 is 1.40. The molecule has 10 heteroatoms. The number of nitrogens with zero attached hydrogens (tertiary/aromatic N) is 2. The van der Waals surface area contributed by atoms with Crippen molar-refractivity contribution in [3.8, 4) is 0 Å². The van der Waals surface area contributed by atoms with E-state index in [1.165, 1.54) is 36.7 Å². The molecule has 0 spiro atoms. The van der Waals surface area contributed by atoms with Crippen molar-refractivity contribution < 1.29 is 13.2 Å². The number of halogens is 4. The van der Waals surface area contributed by atoms with Crippen LogP contribution in [-0.2, 0) is 6.18 Å². The lowest BCUT2D eigenvalue weighted by Crippen LogP contribution is -2.41. The summed E-state index contributed by atoms with van der Waals surface area (Å²) in [5, 5.41) is 6.91. The Hall–Kier alpha value is -1.81. The predicted molar refractivity (Wildman–Crippen MR) is 136 cm³/mol. The molecule has 2 saturated heterocycles. The molecule has 3 aliphatic rings. The molecule has 0 saturated carbocycles. The summed E-state index contributed by atoms with van der Waals surface area (Å²) < 4.78 is 41.1. The first-order chi connectivity index (χ1) is 15.9. The Balaban J connectivity index is 0.00000274. The maximum atomic E-state index is 13.7.